The molecule has 0 aliphatic heterocycles. The maximum atomic E-state index is 9.97. The van der Waals surface area contributed by atoms with Crippen molar-refractivity contribution in [3.63, 3.8) is 0 Å². The third-order valence-electron chi connectivity index (χ3n) is 2.65. The fraction of sp³-hybridized carbons (Fsp3) is 0.200. The van der Waals surface area contributed by atoms with Gasteiger partial charge in [0.2, 0.25) is 0 Å². The summed E-state index contributed by atoms with van der Waals surface area (Å²) in [6.45, 7) is 2.23. The Morgan fingerprint density at radius 3 is 2.56 bits per heavy atom. The lowest BCUT2D eigenvalue weighted by molar-refractivity contribution is 0.108. The highest BCUT2D eigenvalue weighted by Gasteiger charge is 2.08. The van der Waals surface area contributed by atoms with Crippen molar-refractivity contribution in [2.45, 2.75) is 13.0 Å². The predicted molar refractivity (Wildman–Crippen MR) is 73.1 cm³/mol. The summed E-state index contributed by atoms with van der Waals surface area (Å²) >= 11 is 5.79. The molecule has 1 N–H and O–H groups in total. The van der Waals surface area contributed by atoms with Gasteiger partial charge in [0.25, 0.3) is 0 Å². The van der Waals surface area contributed by atoms with Gasteiger partial charge in [0, 0.05) is 5.02 Å². The van der Waals surface area contributed by atoms with Crippen molar-refractivity contribution in [3.8, 4) is 5.75 Å². The number of aliphatic hydroxyl groups excluding tert-OH is 1. The molecule has 94 valence electrons. The zero-order valence-corrected chi connectivity index (χ0v) is 10.9. The van der Waals surface area contributed by atoms with Crippen molar-refractivity contribution in [2.24, 2.45) is 0 Å². The number of aryl methyl sites for hydroxylation is 1. The molecule has 0 bridgehead atoms. The molecule has 18 heavy (non-hydrogen) atoms. The molecule has 0 radical (unpaired) electrons. The first-order chi connectivity index (χ1) is 8.65. The highest BCUT2D eigenvalue weighted by molar-refractivity contribution is 6.30. The van der Waals surface area contributed by atoms with Crippen LogP contribution in [0.3, 0.4) is 0 Å². The summed E-state index contributed by atoms with van der Waals surface area (Å²) in [6, 6.07) is 14.9. The Morgan fingerprint density at radius 1 is 1.17 bits per heavy atom. The van der Waals surface area contributed by atoms with Gasteiger partial charge < -0.3 is 9.84 Å². The maximum Gasteiger partial charge on any atom is 0.119 e. The second kappa shape index (κ2) is 5.89. The monoisotopic (exact) mass is 262 g/mol. The van der Waals surface area contributed by atoms with Crippen LogP contribution in [-0.4, -0.2) is 11.7 Å². The number of hydrogen-bond acceptors (Lipinski definition) is 2. The summed E-state index contributed by atoms with van der Waals surface area (Å²) in [6.07, 6.45) is -0.650. The van der Waals surface area contributed by atoms with E-state index in [0.717, 1.165) is 16.9 Å². The summed E-state index contributed by atoms with van der Waals surface area (Å²) in [7, 11) is 0. The third-order valence-corrected chi connectivity index (χ3v) is 2.90. The van der Waals surface area contributed by atoms with Gasteiger partial charge in [0.1, 0.15) is 18.5 Å². The molecule has 0 fully saturated rings. The molecule has 0 aliphatic carbocycles. The van der Waals surface area contributed by atoms with Gasteiger partial charge in [-0.3, -0.25) is 0 Å². The number of benzene rings is 2. The molecule has 2 rings (SSSR count). The Balaban J connectivity index is 1.96. The highest BCUT2D eigenvalue weighted by atomic mass is 35.5. The van der Waals surface area contributed by atoms with E-state index < -0.39 is 6.10 Å². The van der Waals surface area contributed by atoms with Crippen LogP contribution in [-0.2, 0) is 0 Å². The van der Waals surface area contributed by atoms with Gasteiger partial charge in [-0.05, 0) is 42.3 Å². The number of hydrogen-bond donors (Lipinski definition) is 1. The van der Waals surface area contributed by atoms with E-state index in [9.17, 15) is 5.11 Å². The van der Waals surface area contributed by atoms with Gasteiger partial charge in [-0.2, -0.15) is 0 Å². The average molecular weight is 263 g/mol. The SMILES string of the molecule is Cc1cccc(OCC(O)c2ccc(Cl)cc2)c1. The number of ether oxygens (including phenoxy) is 1. The molecule has 0 aromatic heterocycles. The van der Waals surface area contributed by atoms with Crippen molar-refractivity contribution >= 4 is 11.6 Å². The average Bonchev–Trinajstić information content (AvgIpc) is 2.37. The molecule has 0 aliphatic rings. The summed E-state index contributed by atoms with van der Waals surface area (Å²) in [4.78, 5) is 0. The first-order valence-electron chi connectivity index (χ1n) is 5.78. The van der Waals surface area contributed by atoms with E-state index in [4.69, 9.17) is 16.3 Å². The predicted octanol–water partition coefficient (Wildman–Crippen LogP) is 3.76. The summed E-state index contributed by atoms with van der Waals surface area (Å²) in [5, 5.41) is 10.6. The van der Waals surface area contributed by atoms with Crippen LogP contribution in [0.4, 0.5) is 0 Å². The lowest BCUT2D eigenvalue weighted by Gasteiger charge is -2.13. The van der Waals surface area contributed by atoms with E-state index in [1.165, 1.54) is 0 Å². The highest BCUT2D eigenvalue weighted by Crippen LogP contribution is 2.19. The van der Waals surface area contributed by atoms with Crippen molar-refractivity contribution in [3.05, 3.63) is 64.7 Å². The first kappa shape index (κ1) is 12.9. The van der Waals surface area contributed by atoms with E-state index in [2.05, 4.69) is 0 Å². The second-order valence-electron chi connectivity index (χ2n) is 4.19. The molecule has 2 aromatic carbocycles. The molecule has 0 saturated carbocycles. The minimum Gasteiger partial charge on any atom is -0.491 e. The smallest absolute Gasteiger partial charge is 0.119 e. The van der Waals surface area contributed by atoms with Gasteiger partial charge in [0.15, 0.2) is 0 Å². The van der Waals surface area contributed by atoms with Crippen LogP contribution in [0.2, 0.25) is 5.02 Å². The zero-order valence-electron chi connectivity index (χ0n) is 10.1. The molecular weight excluding hydrogens is 248 g/mol. The first-order valence-corrected chi connectivity index (χ1v) is 6.16. The normalized spacial score (nSPS) is 12.2. The Labute approximate surface area is 112 Å². The third kappa shape index (κ3) is 3.49. The number of rotatable bonds is 4. The van der Waals surface area contributed by atoms with E-state index in [0.29, 0.717) is 5.02 Å². The van der Waals surface area contributed by atoms with E-state index >= 15 is 0 Å². The lowest BCUT2D eigenvalue weighted by Crippen LogP contribution is -2.09. The van der Waals surface area contributed by atoms with Crippen LogP contribution < -0.4 is 4.74 Å². The van der Waals surface area contributed by atoms with Crippen LogP contribution >= 0.6 is 11.6 Å². The molecule has 0 amide bonds. The van der Waals surface area contributed by atoms with Crippen molar-refractivity contribution in [1.29, 1.82) is 0 Å². The topological polar surface area (TPSA) is 29.5 Å². The molecule has 1 unspecified atom stereocenters. The zero-order chi connectivity index (χ0) is 13.0. The Hall–Kier alpha value is -1.51. The van der Waals surface area contributed by atoms with Gasteiger partial charge in [-0.25, -0.2) is 0 Å². The van der Waals surface area contributed by atoms with Gasteiger partial charge in [-0.1, -0.05) is 35.9 Å². The van der Waals surface area contributed by atoms with Gasteiger partial charge in [-0.15, -0.1) is 0 Å². The van der Waals surface area contributed by atoms with Gasteiger partial charge in [0.05, 0.1) is 0 Å². The van der Waals surface area contributed by atoms with Crippen LogP contribution in [0.1, 0.15) is 17.2 Å². The maximum absolute atomic E-state index is 9.97. The molecule has 0 saturated heterocycles. The Kier molecular flexibility index (Phi) is 4.24. The molecule has 0 spiro atoms. The summed E-state index contributed by atoms with van der Waals surface area (Å²) in [5.74, 6) is 0.767. The van der Waals surface area contributed by atoms with Gasteiger partial charge >= 0.3 is 0 Å². The quantitative estimate of drug-likeness (QED) is 0.909. The molecule has 2 nitrogen and oxygen atoms in total. The summed E-state index contributed by atoms with van der Waals surface area (Å²) < 4.78 is 5.55. The van der Waals surface area contributed by atoms with Crippen LogP contribution in [0.15, 0.2) is 48.5 Å². The van der Waals surface area contributed by atoms with Crippen LogP contribution in [0.5, 0.6) is 5.75 Å². The van der Waals surface area contributed by atoms with Crippen molar-refractivity contribution in [2.75, 3.05) is 6.61 Å². The van der Waals surface area contributed by atoms with Crippen LogP contribution in [0, 0.1) is 6.92 Å². The van der Waals surface area contributed by atoms with Crippen molar-refractivity contribution < 1.29 is 9.84 Å². The number of aliphatic hydroxyl groups is 1. The van der Waals surface area contributed by atoms with Crippen molar-refractivity contribution in [1.82, 2.24) is 0 Å². The largest absolute Gasteiger partial charge is 0.491 e. The Bertz CT molecular complexity index is 508. The van der Waals surface area contributed by atoms with E-state index in [-0.39, 0.29) is 6.61 Å². The molecule has 3 heteroatoms. The lowest BCUT2D eigenvalue weighted by atomic mass is 10.1. The molecule has 0 heterocycles. The number of halogens is 1. The fourth-order valence-corrected chi connectivity index (χ4v) is 1.79. The minimum absolute atomic E-state index is 0.227. The fourth-order valence-electron chi connectivity index (χ4n) is 1.66. The van der Waals surface area contributed by atoms with E-state index in [1.807, 2.05) is 31.2 Å². The second-order valence-corrected chi connectivity index (χ2v) is 4.63. The minimum atomic E-state index is -0.650. The Morgan fingerprint density at radius 2 is 1.89 bits per heavy atom. The molecular formula is C15H15ClO2. The molecule has 2 aromatic rings. The summed E-state index contributed by atoms with van der Waals surface area (Å²) in [5.41, 5.74) is 1.93. The standard InChI is InChI=1S/C15H15ClO2/c1-11-3-2-4-14(9-11)18-10-15(17)12-5-7-13(16)8-6-12/h2-9,15,17H,10H2,1H3. The van der Waals surface area contributed by atoms with Crippen LogP contribution in [0.25, 0.3) is 0 Å². The van der Waals surface area contributed by atoms with E-state index in [1.54, 1.807) is 24.3 Å². The molecule has 1 atom stereocenters.